The van der Waals surface area contributed by atoms with E-state index in [1.165, 1.54) is 24.0 Å². The highest BCUT2D eigenvalue weighted by molar-refractivity contribution is 5.37. The molecule has 11 heavy (non-hydrogen) atoms. The summed E-state index contributed by atoms with van der Waals surface area (Å²) in [6.07, 6.45) is 2.44. The van der Waals surface area contributed by atoms with Crippen LogP contribution in [0.1, 0.15) is 29.6 Å². The molecular formula is C10H14O. The van der Waals surface area contributed by atoms with Crippen LogP contribution < -0.4 is 0 Å². The molecule has 0 amide bonds. The van der Waals surface area contributed by atoms with Crippen molar-refractivity contribution in [2.75, 3.05) is 0 Å². The fraction of sp³-hybridized carbons (Fsp3) is 0.600. The molecule has 60 valence electrons. The molecule has 0 saturated heterocycles. The van der Waals surface area contributed by atoms with Gasteiger partial charge in [-0.1, -0.05) is 6.92 Å². The van der Waals surface area contributed by atoms with Crippen LogP contribution in [0.3, 0.4) is 0 Å². The first-order valence-corrected chi connectivity index (χ1v) is 4.26. The third-order valence-corrected chi connectivity index (χ3v) is 2.63. The lowest BCUT2D eigenvalue weighted by atomic mass is 10.1. The summed E-state index contributed by atoms with van der Waals surface area (Å²) in [6.45, 7) is 6.45. The number of aryl methyl sites for hydroxylation is 2. The maximum Gasteiger partial charge on any atom is 0.104 e. The van der Waals surface area contributed by atoms with Gasteiger partial charge >= 0.3 is 0 Å². The highest BCUT2D eigenvalue weighted by Crippen LogP contribution is 2.33. The van der Waals surface area contributed by atoms with Crippen molar-refractivity contribution in [3.05, 3.63) is 22.6 Å². The van der Waals surface area contributed by atoms with Crippen LogP contribution >= 0.6 is 0 Å². The van der Waals surface area contributed by atoms with Crippen molar-refractivity contribution in [1.82, 2.24) is 0 Å². The molecule has 2 rings (SSSR count). The first-order chi connectivity index (χ1) is 5.18. The van der Waals surface area contributed by atoms with E-state index in [0.717, 1.165) is 17.4 Å². The highest BCUT2D eigenvalue weighted by atomic mass is 16.3. The number of hydrogen-bond donors (Lipinski definition) is 0. The van der Waals surface area contributed by atoms with Crippen LogP contribution in [0.2, 0.25) is 0 Å². The van der Waals surface area contributed by atoms with Crippen molar-refractivity contribution >= 4 is 0 Å². The van der Waals surface area contributed by atoms with Gasteiger partial charge in [0.15, 0.2) is 0 Å². The normalized spacial score (nSPS) is 17.4. The minimum atomic E-state index is 0.828. The molecule has 0 aromatic carbocycles. The zero-order valence-electron chi connectivity index (χ0n) is 7.40. The van der Waals surface area contributed by atoms with Gasteiger partial charge in [-0.15, -0.1) is 0 Å². The molecule has 0 radical (unpaired) electrons. The van der Waals surface area contributed by atoms with Crippen LogP contribution in [0.5, 0.6) is 0 Å². The third-order valence-electron chi connectivity index (χ3n) is 2.63. The van der Waals surface area contributed by atoms with Crippen molar-refractivity contribution in [2.24, 2.45) is 5.92 Å². The van der Waals surface area contributed by atoms with E-state index in [-0.39, 0.29) is 0 Å². The van der Waals surface area contributed by atoms with E-state index in [0.29, 0.717) is 0 Å². The van der Waals surface area contributed by atoms with Gasteiger partial charge in [-0.05, 0) is 43.7 Å². The van der Waals surface area contributed by atoms with E-state index in [4.69, 9.17) is 4.42 Å². The van der Waals surface area contributed by atoms with Gasteiger partial charge in [-0.2, -0.15) is 0 Å². The fourth-order valence-electron chi connectivity index (χ4n) is 2.08. The Kier molecular flexibility index (Phi) is 1.35. The molecule has 0 bridgehead atoms. The topological polar surface area (TPSA) is 13.1 Å². The molecule has 0 N–H and O–H groups in total. The smallest absolute Gasteiger partial charge is 0.104 e. The minimum absolute atomic E-state index is 0.828. The van der Waals surface area contributed by atoms with Gasteiger partial charge in [0.25, 0.3) is 0 Å². The van der Waals surface area contributed by atoms with Crippen LogP contribution in [0.15, 0.2) is 4.42 Å². The quantitative estimate of drug-likeness (QED) is 0.554. The van der Waals surface area contributed by atoms with Gasteiger partial charge in [0.1, 0.15) is 11.5 Å². The van der Waals surface area contributed by atoms with E-state index < -0.39 is 0 Å². The lowest BCUT2D eigenvalue weighted by Gasteiger charge is -1.98. The minimum Gasteiger partial charge on any atom is -0.466 e. The fourth-order valence-corrected chi connectivity index (χ4v) is 2.08. The molecule has 0 spiro atoms. The molecule has 0 saturated carbocycles. The summed E-state index contributed by atoms with van der Waals surface area (Å²) in [5.74, 6) is 3.11. The van der Waals surface area contributed by atoms with Gasteiger partial charge in [0, 0.05) is 0 Å². The van der Waals surface area contributed by atoms with E-state index in [9.17, 15) is 0 Å². The van der Waals surface area contributed by atoms with Gasteiger partial charge in [-0.3, -0.25) is 0 Å². The Balaban J connectivity index is 2.51. The van der Waals surface area contributed by atoms with Crippen LogP contribution in [-0.2, 0) is 12.8 Å². The Labute approximate surface area is 67.4 Å². The summed E-state index contributed by atoms with van der Waals surface area (Å²) in [5, 5.41) is 0. The van der Waals surface area contributed by atoms with Crippen LogP contribution in [-0.4, -0.2) is 0 Å². The third kappa shape index (κ3) is 0.907. The molecule has 1 aliphatic rings. The molecule has 0 atom stereocenters. The predicted molar refractivity (Wildman–Crippen MR) is 44.8 cm³/mol. The largest absolute Gasteiger partial charge is 0.466 e. The summed E-state index contributed by atoms with van der Waals surface area (Å²) in [6, 6.07) is 0. The number of furan rings is 1. The molecule has 1 heteroatoms. The van der Waals surface area contributed by atoms with E-state index >= 15 is 0 Å². The van der Waals surface area contributed by atoms with Crippen molar-refractivity contribution in [3.8, 4) is 0 Å². The second kappa shape index (κ2) is 2.13. The van der Waals surface area contributed by atoms with Crippen molar-refractivity contribution in [1.29, 1.82) is 0 Å². The molecule has 1 aromatic rings. The first kappa shape index (κ1) is 6.96. The Bertz CT molecular complexity index is 257. The molecule has 1 aliphatic carbocycles. The molecule has 0 fully saturated rings. The standard InChI is InChI=1S/C10H14O/c1-6-4-9-7(2)11-8(3)10(9)5-6/h6H,4-5H2,1-3H3. The molecule has 1 nitrogen and oxygen atoms in total. The molecule has 1 heterocycles. The van der Waals surface area contributed by atoms with Crippen molar-refractivity contribution in [3.63, 3.8) is 0 Å². The molecular weight excluding hydrogens is 136 g/mol. The van der Waals surface area contributed by atoms with E-state index in [1.807, 2.05) is 0 Å². The van der Waals surface area contributed by atoms with Crippen LogP contribution in [0, 0.1) is 19.8 Å². The molecule has 0 unspecified atom stereocenters. The molecule has 1 aromatic heterocycles. The lowest BCUT2D eigenvalue weighted by molar-refractivity contribution is 0.482. The molecule has 0 aliphatic heterocycles. The average Bonchev–Trinajstić information content (AvgIpc) is 2.38. The summed E-state index contributed by atoms with van der Waals surface area (Å²) in [7, 11) is 0. The Morgan fingerprint density at radius 2 is 1.55 bits per heavy atom. The van der Waals surface area contributed by atoms with Crippen LogP contribution in [0.4, 0.5) is 0 Å². The Morgan fingerprint density at radius 3 is 2.00 bits per heavy atom. The van der Waals surface area contributed by atoms with Gasteiger partial charge in [0.2, 0.25) is 0 Å². The van der Waals surface area contributed by atoms with Crippen molar-refractivity contribution in [2.45, 2.75) is 33.6 Å². The number of hydrogen-bond acceptors (Lipinski definition) is 1. The zero-order chi connectivity index (χ0) is 8.01. The van der Waals surface area contributed by atoms with Gasteiger partial charge < -0.3 is 4.42 Å². The number of fused-ring (bicyclic) bond motifs is 1. The SMILES string of the molecule is Cc1oc(C)c2c1CC(C)C2. The van der Waals surface area contributed by atoms with E-state index in [1.54, 1.807) is 0 Å². The average molecular weight is 150 g/mol. The maximum absolute atomic E-state index is 5.54. The Hall–Kier alpha value is -0.720. The first-order valence-electron chi connectivity index (χ1n) is 4.26. The number of rotatable bonds is 0. The zero-order valence-corrected chi connectivity index (χ0v) is 7.40. The van der Waals surface area contributed by atoms with Gasteiger partial charge in [-0.25, -0.2) is 0 Å². The summed E-state index contributed by atoms with van der Waals surface area (Å²) >= 11 is 0. The van der Waals surface area contributed by atoms with Crippen molar-refractivity contribution < 1.29 is 4.42 Å². The highest BCUT2D eigenvalue weighted by Gasteiger charge is 2.24. The Morgan fingerprint density at radius 1 is 1.09 bits per heavy atom. The predicted octanol–water partition coefficient (Wildman–Crippen LogP) is 2.63. The summed E-state index contributed by atoms with van der Waals surface area (Å²) < 4.78 is 5.54. The second-order valence-corrected chi connectivity index (χ2v) is 3.68. The summed E-state index contributed by atoms with van der Waals surface area (Å²) in [5.41, 5.74) is 2.96. The lowest BCUT2D eigenvalue weighted by Crippen LogP contribution is -1.92. The maximum atomic E-state index is 5.54. The van der Waals surface area contributed by atoms with Gasteiger partial charge in [0.05, 0.1) is 0 Å². The summed E-state index contributed by atoms with van der Waals surface area (Å²) in [4.78, 5) is 0. The van der Waals surface area contributed by atoms with E-state index in [2.05, 4.69) is 20.8 Å². The van der Waals surface area contributed by atoms with Crippen LogP contribution in [0.25, 0.3) is 0 Å². The second-order valence-electron chi connectivity index (χ2n) is 3.68. The monoisotopic (exact) mass is 150 g/mol.